The summed E-state index contributed by atoms with van der Waals surface area (Å²) in [5.74, 6) is 0.525. The molecule has 0 aliphatic carbocycles. The number of carbonyl (C=O) groups excluding carboxylic acids is 1. The van der Waals surface area contributed by atoms with Gasteiger partial charge in [0.25, 0.3) is 0 Å². The smallest absolute Gasteiger partial charge is 0.226 e. The van der Waals surface area contributed by atoms with E-state index in [2.05, 4.69) is 76.2 Å². The molecule has 8 heteroatoms. The first-order valence-corrected chi connectivity index (χ1v) is 14.0. The molecule has 3 heterocycles. The van der Waals surface area contributed by atoms with Gasteiger partial charge in [-0.3, -0.25) is 9.78 Å². The van der Waals surface area contributed by atoms with E-state index in [9.17, 15) is 4.79 Å². The van der Waals surface area contributed by atoms with Gasteiger partial charge in [-0.1, -0.05) is 43.3 Å². The number of nitrogens with one attached hydrogen (secondary N) is 2. The van der Waals surface area contributed by atoms with E-state index in [1.807, 2.05) is 42.5 Å². The third-order valence-electron chi connectivity index (χ3n) is 7.56. The van der Waals surface area contributed by atoms with Gasteiger partial charge in [0.1, 0.15) is 5.75 Å². The fourth-order valence-corrected chi connectivity index (χ4v) is 5.98. The summed E-state index contributed by atoms with van der Waals surface area (Å²) in [5.41, 5.74) is 7.52. The molecule has 0 bridgehead atoms. The van der Waals surface area contributed by atoms with Crippen molar-refractivity contribution in [2.75, 3.05) is 19.0 Å². The maximum atomic E-state index is 13.0. The van der Waals surface area contributed by atoms with E-state index in [0.717, 1.165) is 29.1 Å². The number of hydrogen-bond donors (Lipinski definition) is 2. The molecule has 0 unspecified atom stereocenters. The molecule has 0 radical (unpaired) electrons. The van der Waals surface area contributed by atoms with Crippen molar-refractivity contribution in [1.29, 1.82) is 0 Å². The van der Waals surface area contributed by atoms with Crippen molar-refractivity contribution in [3.8, 4) is 11.4 Å². The van der Waals surface area contributed by atoms with Crippen molar-refractivity contribution in [2.45, 2.75) is 45.7 Å². The second kappa shape index (κ2) is 11.9. The number of anilines is 1. The zero-order valence-corrected chi connectivity index (χ0v) is 24.2. The van der Waals surface area contributed by atoms with Crippen LogP contribution in [0.4, 0.5) is 5.69 Å². The number of pyridine rings is 1. The molecule has 2 N–H and O–H groups in total. The Bertz CT molecular complexity index is 1520. The predicted molar refractivity (Wildman–Crippen MR) is 163 cm³/mol. The molecule has 1 fully saturated rings. The highest BCUT2D eigenvalue weighted by Crippen LogP contribution is 2.41. The van der Waals surface area contributed by atoms with Crippen LogP contribution in [0.1, 0.15) is 53.6 Å². The number of thiocarbonyl (C=S) groups is 1. The Morgan fingerprint density at radius 2 is 1.82 bits per heavy atom. The molecule has 2 aromatic carbocycles. The zero-order chi connectivity index (χ0) is 28.2. The molecule has 4 aromatic rings. The SMILES string of the molecule is CCc1ccccc1-n1c(C)cc([C@H]2[C@H](c3ccccn3)NC(=S)N2CCC(=O)Nc2ccccc2OC)c1C. The third-order valence-corrected chi connectivity index (χ3v) is 7.91. The van der Waals surface area contributed by atoms with Crippen LogP contribution < -0.4 is 15.4 Å². The lowest BCUT2D eigenvalue weighted by molar-refractivity contribution is -0.116. The normalized spacial score (nSPS) is 16.6. The van der Waals surface area contributed by atoms with Gasteiger partial charge in [0.15, 0.2) is 5.11 Å². The maximum Gasteiger partial charge on any atom is 0.226 e. The summed E-state index contributed by atoms with van der Waals surface area (Å²) < 4.78 is 7.72. The summed E-state index contributed by atoms with van der Waals surface area (Å²) in [7, 11) is 1.59. The fraction of sp³-hybridized carbons (Fsp3) is 0.281. The molecule has 5 rings (SSSR count). The van der Waals surface area contributed by atoms with Crippen LogP contribution in [0.2, 0.25) is 0 Å². The number of carbonyl (C=O) groups is 1. The van der Waals surface area contributed by atoms with Crippen LogP contribution in [-0.2, 0) is 11.2 Å². The number of benzene rings is 2. The van der Waals surface area contributed by atoms with Gasteiger partial charge < -0.3 is 24.8 Å². The van der Waals surface area contributed by atoms with E-state index >= 15 is 0 Å². The molecule has 1 aliphatic heterocycles. The number of aromatic nitrogens is 2. The summed E-state index contributed by atoms with van der Waals surface area (Å²) in [4.78, 5) is 19.9. The van der Waals surface area contributed by atoms with Crippen LogP contribution in [-0.4, -0.2) is 39.1 Å². The third kappa shape index (κ3) is 5.31. The molecule has 2 atom stereocenters. The Balaban J connectivity index is 1.48. The van der Waals surface area contributed by atoms with Crippen molar-refractivity contribution in [3.05, 3.63) is 107 Å². The van der Waals surface area contributed by atoms with Crippen molar-refractivity contribution >= 4 is 28.9 Å². The van der Waals surface area contributed by atoms with E-state index in [0.29, 0.717) is 23.1 Å². The van der Waals surface area contributed by atoms with Crippen molar-refractivity contribution in [3.63, 3.8) is 0 Å². The molecular formula is C32H35N5O2S. The van der Waals surface area contributed by atoms with E-state index in [4.69, 9.17) is 17.0 Å². The fourth-order valence-electron chi connectivity index (χ4n) is 5.65. The molecule has 1 aliphatic rings. The highest BCUT2D eigenvalue weighted by molar-refractivity contribution is 7.80. The Morgan fingerprint density at radius 3 is 2.58 bits per heavy atom. The summed E-state index contributed by atoms with van der Waals surface area (Å²) in [6.45, 7) is 6.95. The molecular weight excluding hydrogens is 518 g/mol. The molecule has 206 valence electrons. The van der Waals surface area contributed by atoms with Crippen molar-refractivity contribution in [1.82, 2.24) is 19.8 Å². The Kier molecular flexibility index (Phi) is 8.16. The molecule has 1 amide bonds. The number of rotatable bonds is 9. The Hall–Kier alpha value is -4.17. The van der Waals surface area contributed by atoms with Crippen LogP contribution in [0.15, 0.2) is 79.0 Å². The van der Waals surface area contributed by atoms with Crippen LogP contribution in [0.25, 0.3) is 5.69 Å². The topological polar surface area (TPSA) is 71.4 Å². The average molecular weight is 554 g/mol. The Labute approximate surface area is 241 Å². The minimum absolute atomic E-state index is 0.102. The maximum absolute atomic E-state index is 13.0. The number of nitrogens with zero attached hydrogens (tertiary/aromatic N) is 3. The largest absolute Gasteiger partial charge is 0.495 e. The zero-order valence-electron chi connectivity index (χ0n) is 23.3. The van der Waals surface area contributed by atoms with E-state index < -0.39 is 0 Å². The van der Waals surface area contributed by atoms with Gasteiger partial charge in [-0.2, -0.15) is 0 Å². The molecule has 0 saturated carbocycles. The van der Waals surface area contributed by atoms with Crippen molar-refractivity contribution in [2.24, 2.45) is 0 Å². The van der Waals surface area contributed by atoms with Gasteiger partial charge in [-0.15, -0.1) is 0 Å². The van der Waals surface area contributed by atoms with Crippen LogP contribution in [0, 0.1) is 13.8 Å². The molecule has 0 spiro atoms. The summed E-state index contributed by atoms with van der Waals surface area (Å²) in [6.07, 6.45) is 3.02. The van der Waals surface area contributed by atoms with Crippen LogP contribution in [0.5, 0.6) is 5.75 Å². The summed E-state index contributed by atoms with van der Waals surface area (Å²) >= 11 is 5.86. The first kappa shape index (κ1) is 27.4. The number of ether oxygens (including phenoxy) is 1. The predicted octanol–water partition coefficient (Wildman–Crippen LogP) is 6.06. The monoisotopic (exact) mass is 553 g/mol. The van der Waals surface area contributed by atoms with Gasteiger partial charge in [-0.05, 0) is 80.0 Å². The molecule has 7 nitrogen and oxygen atoms in total. The van der Waals surface area contributed by atoms with Gasteiger partial charge in [-0.25, -0.2) is 0 Å². The second-order valence-electron chi connectivity index (χ2n) is 9.96. The summed E-state index contributed by atoms with van der Waals surface area (Å²) in [5, 5.41) is 7.11. The number of aryl methyl sites for hydroxylation is 2. The quantitative estimate of drug-likeness (QED) is 0.246. The van der Waals surface area contributed by atoms with E-state index in [-0.39, 0.29) is 24.4 Å². The first-order chi connectivity index (χ1) is 19.4. The number of para-hydroxylation sites is 3. The molecule has 1 saturated heterocycles. The lowest BCUT2D eigenvalue weighted by Crippen LogP contribution is -2.33. The second-order valence-corrected chi connectivity index (χ2v) is 10.3. The highest BCUT2D eigenvalue weighted by atomic mass is 32.1. The number of methoxy groups -OCH3 is 1. The van der Waals surface area contributed by atoms with Gasteiger partial charge in [0, 0.05) is 36.2 Å². The van der Waals surface area contributed by atoms with Crippen molar-refractivity contribution < 1.29 is 9.53 Å². The van der Waals surface area contributed by atoms with E-state index in [1.54, 1.807) is 13.3 Å². The molecule has 2 aromatic heterocycles. The standard InChI is InChI=1S/C32H35N5O2S/c1-5-23-12-6-8-15-27(23)37-21(2)20-24(22(37)3)31-30(26-14-10-11-18-33-26)35-32(40)36(31)19-17-29(38)34-25-13-7-9-16-28(25)39-4/h6-16,18,20,30-31H,5,17,19H2,1-4H3,(H,34,38)(H,35,40)/t30-,31-/m0/s1. The highest BCUT2D eigenvalue weighted by Gasteiger charge is 2.41. The summed E-state index contributed by atoms with van der Waals surface area (Å²) in [6, 6.07) is 23.9. The van der Waals surface area contributed by atoms with Gasteiger partial charge in [0.2, 0.25) is 5.91 Å². The lowest BCUT2D eigenvalue weighted by Gasteiger charge is -2.28. The van der Waals surface area contributed by atoms with E-state index in [1.165, 1.54) is 11.3 Å². The number of hydrogen-bond acceptors (Lipinski definition) is 4. The number of amides is 1. The minimum atomic E-state index is -0.152. The van der Waals surface area contributed by atoms with Crippen LogP contribution >= 0.6 is 12.2 Å². The van der Waals surface area contributed by atoms with Gasteiger partial charge >= 0.3 is 0 Å². The lowest BCUT2D eigenvalue weighted by atomic mass is 9.96. The minimum Gasteiger partial charge on any atom is -0.495 e. The molecule has 40 heavy (non-hydrogen) atoms. The van der Waals surface area contributed by atoms with Gasteiger partial charge in [0.05, 0.1) is 30.6 Å². The Morgan fingerprint density at radius 1 is 1.07 bits per heavy atom. The van der Waals surface area contributed by atoms with Crippen LogP contribution in [0.3, 0.4) is 0 Å². The average Bonchev–Trinajstić information content (AvgIpc) is 3.46. The first-order valence-electron chi connectivity index (χ1n) is 13.6.